The minimum absolute atomic E-state index is 0.193. The molecule has 0 aromatic heterocycles. The van der Waals surface area contributed by atoms with Crippen molar-refractivity contribution >= 4 is 16.0 Å². The lowest BCUT2D eigenvalue weighted by Crippen LogP contribution is -2.37. The smallest absolute Gasteiger partial charge is 0.304 e. The van der Waals surface area contributed by atoms with Gasteiger partial charge in [0.15, 0.2) is 0 Å². The van der Waals surface area contributed by atoms with Gasteiger partial charge in [0.2, 0.25) is 10.0 Å². The molecule has 106 valence electrons. The molecular weight excluding hydrogens is 268 g/mol. The van der Waals surface area contributed by atoms with E-state index in [-0.39, 0.29) is 25.8 Å². The molecule has 0 spiro atoms. The van der Waals surface area contributed by atoms with Crippen LogP contribution in [0.15, 0.2) is 0 Å². The predicted molar refractivity (Wildman–Crippen MR) is 61.0 cm³/mol. The molecule has 1 atom stereocenters. The topological polar surface area (TPSA) is 74.7 Å². The Morgan fingerprint density at radius 3 is 2.56 bits per heavy atom. The molecule has 18 heavy (non-hydrogen) atoms. The van der Waals surface area contributed by atoms with Crippen LogP contribution in [-0.2, 0) is 14.8 Å². The van der Waals surface area contributed by atoms with Gasteiger partial charge < -0.3 is 5.11 Å². The second kappa shape index (κ2) is 5.48. The first kappa shape index (κ1) is 15.3. The Hall–Kier alpha value is -0.760. The SMILES string of the molecule is CN(CCC(=O)O)S(=O)(=O)CC1CCCC1(F)F. The summed E-state index contributed by atoms with van der Waals surface area (Å²) < 4.78 is 51.1. The van der Waals surface area contributed by atoms with Crippen molar-refractivity contribution in [3.63, 3.8) is 0 Å². The summed E-state index contributed by atoms with van der Waals surface area (Å²) in [5, 5.41) is 8.45. The molecular formula is C10H17F2NO4S. The first-order valence-electron chi connectivity index (χ1n) is 5.69. The van der Waals surface area contributed by atoms with Crippen LogP contribution >= 0.6 is 0 Å². The summed E-state index contributed by atoms with van der Waals surface area (Å²) in [5.74, 6) is -5.82. The summed E-state index contributed by atoms with van der Waals surface area (Å²) >= 11 is 0. The number of carboxylic acids is 1. The number of alkyl halides is 2. The molecule has 0 amide bonds. The number of sulfonamides is 1. The number of carboxylic acid groups (broad SMARTS) is 1. The lowest BCUT2D eigenvalue weighted by molar-refractivity contribution is -0.137. The molecule has 8 heteroatoms. The molecule has 1 unspecified atom stereocenters. The second-order valence-corrected chi connectivity index (χ2v) is 6.71. The quantitative estimate of drug-likeness (QED) is 0.794. The molecule has 0 aliphatic heterocycles. The van der Waals surface area contributed by atoms with Crippen molar-refractivity contribution in [3.05, 3.63) is 0 Å². The van der Waals surface area contributed by atoms with Gasteiger partial charge in [-0.2, -0.15) is 0 Å². The number of halogens is 2. The zero-order valence-corrected chi connectivity index (χ0v) is 10.9. The van der Waals surface area contributed by atoms with Gasteiger partial charge in [-0.15, -0.1) is 0 Å². The third-order valence-electron chi connectivity index (χ3n) is 3.19. The fraction of sp³-hybridized carbons (Fsp3) is 0.900. The predicted octanol–water partition coefficient (Wildman–Crippen LogP) is 1.16. The molecule has 1 rings (SSSR count). The molecule has 0 radical (unpaired) electrons. The normalized spacial score (nSPS) is 23.4. The van der Waals surface area contributed by atoms with Crippen molar-refractivity contribution in [2.75, 3.05) is 19.3 Å². The number of rotatable bonds is 6. The van der Waals surface area contributed by atoms with Gasteiger partial charge >= 0.3 is 5.97 Å². The molecule has 1 fully saturated rings. The van der Waals surface area contributed by atoms with Crippen molar-refractivity contribution in [1.82, 2.24) is 4.31 Å². The van der Waals surface area contributed by atoms with Crippen LogP contribution in [0.2, 0.25) is 0 Å². The maximum absolute atomic E-state index is 13.3. The van der Waals surface area contributed by atoms with Crippen LogP contribution in [-0.4, -0.2) is 49.1 Å². The molecule has 0 heterocycles. The standard InChI is InChI=1S/C10H17F2NO4S/c1-13(6-4-9(14)15)18(16,17)7-8-3-2-5-10(8,11)12/h8H,2-7H2,1H3,(H,14,15). The van der Waals surface area contributed by atoms with Crippen molar-refractivity contribution in [1.29, 1.82) is 0 Å². The lowest BCUT2D eigenvalue weighted by Gasteiger charge is -2.22. The van der Waals surface area contributed by atoms with Crippen molar-refractivity contribution < 1.29 is 27.1 Å². The van der Waals surface area contributed by atoms with Gasteiger partial charge in [0.05, 0.1) is 12.2 Å². The van der Waals surface area contributed by atoms with Gasteiger partial charge in [-0.1, -0.05) is 0 Å². The summed E-state index contributed by atoms with van der Waals surface area (Å²) in [4.78, 5) is 10.3. The van der Waals surface area contributed by atoms with E-state index in [1.54, 1.807) is 0 Å². The summed E-state index contributed by atoms with van der Waals surface area (Å²) in [6.07, 6.45) is -0.0894. The Morgan fingerprint density at radius 2 is 2.11 bits per heavy atom. The highest BCUT2D eigenvalue weighted by Gasteiger charge is 2.46. The molecule has 1 aliphatic carbocycles. The largest absolute Gasteiger partial charge is 0.481 e. The van der Waals surface area contributed by atoms with Gasteiger partial charge in [-0.05, 0) is 12.8 Å². The Balaban J connectivity index is 2.61. The van der Waals surface area contributed by atoms with E-state index >= 15 is 0 Å². The first-order chi connectivity index (χ1) is 8.15. The van der Waals surface area contributed by atoms with Crippen LogP contribution in [0.4, 0.5) is 8.78 Å². The van der Waals surface area contributed by atoms with E-state index in [1.807, 2.05) is 0 Å². The van der Waals surface area contributed by atoms with Gasteiger partial charge in [0, 0.05) is 25.9 Å². The maximum Gasteiger partial charge on any atom is 0.304 e. The Morgan fingerprint density at radius 1 is 1.50 bits per heavy atom. The molecule has 5 nitrogen and oxygen atoms in total. The minimum Gasteiger partial charge on any atom is -0.481 e. The Labute approximate surface area is 105 Å². The summed E-state index contributed by atoms with van der Waals surface area (Å²) in [6.45, 7) is -0.198. The molecule has 1 saturated carbocycles. The molecule has 0 bridgehead atoms. The zero-order chi connectivity index (χ0) is 14.0. The Kier molecular flexibility index (Phi) is 4.66. The van der Waals surface area contributed by atoms with E-state index in [4.69, 9.17) is 5.11 Å². The van der Waals surface area contributed by atoms with E-state index in [0.717, 1.165) is 4.31 Å². The molecule has 1 N–H and O–H groups in total. The summed E-state index contributed by atoms with van der Waals surface area (Å²) in [6, 6.07) is 0. The monoisotopic (exact) mass is 285 g/mol. The van der Waals surface area contributed by atoms with Crippen molar-refractivity contribution in [2.45, 2.75) is 31.6 Å². The summed E-state index contributed by atoms with van der Waals surface area (Å²) in [5.41, 5.74) is 0. The molecule has 0 saturated heterocycles. The van der Waals surface area contributed by atoms with E-state index in [1.165, 1.54) is 7.05 Å². The second-order valence-electron chi connectivity index (χ2n) is 4.59. The number of hydrogen-bond donors (Lipinski definition) is 1. The summed E-state index contributed by atoms with van der Waals surface area (Å²) in [7, 11) is -2.61. The van der Waals surface area contributed by atoms with Gasteiger partial charge in [0.25, 0.3) is 5.92 Å². The highest BCUT2D eigenvalue weighted by atomic mass is 32.2. The molecule has 0 aromatic rings. The van der Waals surface area contributed by atoms with Crippen LogP contribution in [0.5, 0.6) is 0 Å². The zero-order valence-electron chi connectivity index (χ0n) is 10.1. The minimum atomic E-state index is -3.82. The van der Waals surface area contributed by atoms with Gasteiger partial charge in [-0.3, -0.25) is 4.79 Å². The number of hydrogen-bond acceptors (Lipinski definition) is 3. The maximum atomic E-state index is 13.3. The van der Waals surface area contributed by atoms with Crippen LogP contribution in [0.3, 0.4) is 0 Å². The van der Waals surface area contributed by atoms with Crippen molar-refractivity contribution in [2.24, 2.45) is 5.92 Å². The number of carbonyl (C=O) groups is 1. The average molecular weight is 285 g/mol. The first-order valence-corrected chi connectivity index (χ1v) is 7.30. The van der Waals surface area contributed by atoms with E-state index in [2.05, 4.69) is 0 Å². The molecule has 1 aliphatic rings. The van der Waals surface area contributed by atoms with Crippen molar-refractivity contribution in [3.8, 4) is 0 Å². The Bertz CT molecular complexity index is 410. The van der Waals surface area contributed by atoms with Gasteiger partial charge in [-0.25, -0.2) is 21.5 Å². The fourth-order valence-corrected chi connectivity index (χ4v) is 3.52. The van der Waals surface area contributed by atoms with Crippen LogP contribution in [0, 0.1) is 5.92 Å². The van der Waals surface area contributed by atoms with E-state index in [9.17, 15) is 22.0 Å². The third kappa shape index (κ3) is 3.88. The highest BCUT2D eigenvalue weighted by molar-refractivity contribution is 7.89. The highest BCUT2D eigenvalue weighted by Crippen LogP contribution is 2.41. The average Bonchev–Trinajstić information content (AvgIpc) is 2.54. The number of aliphatic carboxylic acids is 1. The van der Waals surface area contributed by atoms with Crippen LogP contribution in [0.25, 0.3) is 0 Å². The van der Waals surface area contributed by atoms with E-state index < -0.39 is 33.6 Å². The molecule has 0 aromatic carbocycles. The van der Waals surface area contributed by atoms with Gasteiger partial charge in [0.1, 0.15) is 0 Å². The van der Waals surface area contributed by atoms with E-state index in [0.29, 0.717) is 6.42 Å². The third-order valence-corrected chi connectivity index (χ3v) is 5.14. The fourth-order valence-electron chi connectivity index (χ4n) is 1.98. The van der Waals surface area contributed by atoms with Crippen LogP contribution in [0.1, 0.15) is 25.7 Å². The number of nitrogens with zero attached hydrogens (tertiary/aromatic N) is 1. The lowest BCUT2D eigenvalue weighted by atomic mass is 10.1. The van der Waals surface area contributed by atoms with Crippen LogP contribution < -0.4 is 0 Å².